The molecule has 9 heteroatoms. The zero-order valence-electron chi connectivity index (χ0n) is 14.1. The summed E-state index contributed by atoms with van der Waals surface area (Å²) in [6, 6.07) is 7.91. The average molecular weight is 360 g/mol. The number of carboxylic acid groups (broad SMARTS) is 2. The van der Waals surface area contributed by atoms with Crippen LogP contribution in [0.25, 0.3) is 11.0 Å². The molecule has 3 aliphatic rings. The number of hydrogen-bond acceptors (Lipinski definition) is 6. The van der Waals surface area contributed by atoms with E-state index in [0.29, 0.717) is 18.1 Å². The van der Waals surface area contributed by atoms with Gasteiger partial charge >= 0.3 is 11.9 Å². The SMILES string of the molecule is O=C(O)/C=C/C(=O)O.c1ccc2c(c1)nnn2OC1CN2CCC1CC2. The molecule has 0 saturated carbocycles. The first kappa shape index (κ1) is 17.9. The molecule has 26 heavy (non-hydrogen) atoms. The summed E-state index contributed by atoms with van der Waals surface area (Å²) in [4.78, 5) is 29.2. The highest BCUT2D eigenvalue weighted by Gasteiger charge is 2.36. The van der Waals surface area contributed by atoms with Crippen LogP contribution in [0.15, 0.2) is 36.4 Å². The average Bonchev–Trinajstić information content (AvgIpc) is 3.05. The lowest BCUT2D eigenvalue weighted by molar-refractivity contribution is -0.134. The van der Waals surface area contributed by atoms with Gasteiger partial charge in [-0.1, -0.05) is 17.0 Å². The topological polar surface area (TPSA) is 118 Å². The zero-order valence-corrected chi connectivity index (χ0v) is 14.1. The van der Waals surface area contributed by atoms with Crippen molar-refractivity contribution in [3.05, 3.63) is 36.4 Å². The number of carboxylic acids is 2. The molecule has 9 nitrogen and oxygen atoms in total. The van der Waals surface area contributed by atoms with E-state index in [2.05, 4.69) is 15.2 Å². The number of piperidine rings is 3. The standard InChI is InChI=1S/C13H16N4O.C4H4O4/c1-2-4-12-11(3-1)14-15-17(12)18-13-9-16-7-5-10(13)6-8-16;5-3(6)1-2-4(7)8/h1-4,10,13H,5-9H2;1-2H,(H,5,6)(H,7,8)/b;2-1+. The van der Waals surface area contributed by atoms with Crippen molar-refractivity contribution in [2.45, 2.75) is 18.9 Å². The number of para-hydroxylation sites is 1. The Morgan fingerprint density at radius 3 is 2.35 bits per heavy atom. The molecule has 1 atom stereocenters. The lowest BCUT2D eigenvalue weighted by Crippen LogP contribution is -2.54. The number of hydrogen-bond donors (Lipinski definition) is 2. The molecule has 0 spiro atoms. The second-order valence-electron chi connectivity index (χ2n) is 6.24. The van der Waals surface area contributed by atoms with Crippen LogP contribution in [0.2, 0.25) is 0 Å². The van der Waals surface area contributed by atoms with Gasteiger partial charge in [-0.3, -0.25) is 4.90 Å². The summed E-state index contributed by atoms with van der Waals surface area (Å²) in [5.41, 5.74) is 1.84. The van der Waals surface area contributed by atoms with Crippen LogP contribution in [0.3, 0.4) is 0 Å². The Bertz CT molecular complexity index is 794. The molecule has 2 N–H and O–H groups in total. The molecule has 5 rings (SSSR count). The first-order valence-corrected chi connectivity index (χ1v) is 8.37. The normalized spacial score (nSPS) is 24.2. The van der Waals surface area contributed by atoms with Gasteiger partial charge in [-0.2, -0.15) is 0 Å². The van der Waals surface area contributed by atoms with Gasteiger partial charge in [0.2, 0.25) is 0 Å². The Morgan fingerprint density at radius 1 is 1.12 bits per heavy atom. The molecule has 0 amide bonds. The van der Waals surface area contributed by atoms with E-state index in [-0.39, 0.29) is 6.10 Å². The molecule has 4 heterocycles. The third kappa shape index (κ3) is 4.37. The van der Waals surface area contributed by atoms with E-state index in [1.807, 2.05) is 24.3 Å². The van der Waals surface area contributed by atoms with Gasteiger partial charge in [-0.15, -0.1) is 5.10 Å². The number of carbonyl (C=O) groups is 2. The van der Waals surface area contributed by atoms with Crippen molar-refractivity contribution in [3.63, 3.8) is 0 Å². The molecule has 3 aliphatic heterocycles. The molecular formula is C17H20N4O5. The van der Waals surface area contributed by atoms with Gasteiger partial charge in [0, 0.05) is 24.6 Å². The maximum Gasteiger partial charge on any atom is 0.328 e. The highest BCUT2D eigenvalue weighted by atomic mass is 16.7. The van der Waals surface area contributed by atoms with Gasteiger partial charge in [0.1, 0.15) is 17.1 Å². The van der Waals surface area contributed by atoms with E-state index in [9.17, 15) is 9.59 Å². The third-order valence-electron chi connectivity index (χ3n) is 4.52. The van der Waals surface area contributed by atoms with Crippen LogP contribution in [0.1, 0.15) is 12.8 Å². The maximum absolute atomic E-state index is 9.55. The van der Waals surface area contributed by atoms with Crippen LogP contribution >= 0.6 is 0 Å². The maximum atomic E-state index is 9.55. The fraction of sp³-hybridized carbons (Fsp3) is 0.412. The Morgan fingerprint density at radius 2 is 1.77 bits per heavy atom. The van der Waals surface area contributed by atoms with Gasteiger partial charge in [-0.25, -0.2) is 9.59 Å². The molecule has 0 aliphatic carbocycles. The second kappa shape index (κ2) is 7.96. The van der Waals surface area contributed by atoms with Crippen LogP contribution < -0.4 is 4.84 Å². The molecule has 1 aromatic carbocycles. The summed E-state index contributed by atoms with van der Waals surface area (Å²) in [5.74, 6) is -1.84. The summed E-state index contributed by atoms with van der Waals surface area (Å²) < 4.78 is 0. The number of aliphatic carboxylic acids is 2. The van der Waals surface area contributed by atoms with E-state index in [4.69, 9.17) is 15.1 Å². The van der Waals surface area contributed by atoms with Crippen molar-refractivity contribution >= 4 is 23.0 Å². The minimum absolute atomic E-state index is 0.262. The predicted molar refractivity (Wildman–Crippen MR) is 91.5 cm³/mol. The van der Waals surface area contributed by atoms with E-state index in [1.165, 1.54) is 25.9 Å². The van der Waals surface area contributed by atoms with Crippen LogP contribution in [0.4, 0.5) is 0 Å². The smallest absolute Gasteiger partial charge is 0.328 e. The summed E-state index contributed by atoms with van der Waals surface area (Å²) >= 11 is 0. The second-order valence-corrected chi connectivity index (χ2v) is 6.24. The number of benzene rings is 1. The van der Waals surface area contributed by atoms with Crippen molar-refractivity contribution in [3.8, 4) is 0 Å². The first-order chi connectivity index (χ1) is 12.5. The van der Waals surface area contributed by atoms with E-state index in [1.54, 1.807) is 4.85 Å². The van der Waals surface area contributed by atoms with Gasteiger partial charge in [-0.05, 0) is 43.3 Å². The highest BCUT2D eigenvalue weighted by molar-refractivity contribution is 5.89. The molecular weight excluding hydrogens is 340 g/mol. The first-order valence-electron chi connectivity index (χ1n) is 8.37. The summed E-state index contributed by atoms with van der Waals surface area (Å²) in [7, 11) is 0. The van der Waals surface area contributed by atoms with E-state index in [0.717, 1.165) is 17.6 Å². The summed E-state index contributed by atoms with van der Waals surface area (Å²) in [6.07, 6.45) is 3.87. The van der Waals surface area contributed by atoms with Crippen molar-refractivity contribution in [2.24, 2.45) is 5.92 Å². The third-order valence-corrected chi connectivity index (χ3v) is 4.52. The lowest BCUT2D eigenvalue weighted by Gasteiger charge is -2.43. The number of aromatic nitrogens is 3. The van der Waals surface area contributed by atoms with Gasteiger partial charge in [0.15, 0.2) is 0 Å². The van der Waals surface area contributed by atoms with Gasteiger partial charge in [0.05, 0.1) is 0 Å². The van der Waals surface area contributed by atoms with Crippen LogP contribution in [0.5, 0.6) is 0 Å². The molecule has 138 valence electrons. The van der Waals surface area contributed by atoms with Crippen LogP contribution in [-0.2, 0) is 9.59 Å². The van der Waals surface area contributed by atoms with Crippen molar-refractivity contribution in [1.82, 2.24) is 20.1 Å². The Kier molecular flexibility index (Phi) is 5.47. The number of rotatable bonds is 4. The lowest BCUT2D eigenvalue weighted by atomic mass is 9.86. The molecule has 3 fully saturated rings. The predicted octanol–water partition coefficient (Wildman–Crippen LogP) is 0.666. The number of fused-ring (bicyclic) bond motifs is 4. The zero-order chi connectivity index (χ0) is 18.5. The molecule has 1 aromatic heterocycles. The minimum Gasteiger partial charge on any atom is -0.478 e. The largest absolute Gasteiger partial charge is 0.478 e. The van der Waals surface area contributed by atoms with E-state index >= 15 is 0 Å². The Labute approximate surface area is 149 Å². The molecule has 2 aromatic rings. The Balaban J connectivity index is 0.000000211. The summed E-state index contributed by atoms with van der Waals surface area (Å²) in [6.45, 7) is 3.48. The van der Waals surface area contributed by atoms with Gasteiger partial charge in [0.25, 0.3) is 0 Å². The molecule has 1 unspecified atom stereocenters. The highest BCUT2D eigenvalue weighted by Crippen LogP contribution is 2.28. The van der Waals surface area contributed by atoms with Crippen LogP contribution in [-0.4, -0.2) is 67.9 Å². The van der Waals surface area contributed by atoms with Crippen LogP contribution in [0, 0.1) is 5.92 Å². The minimum atomic E-state index is -1.26. The fourth-order valence-electron chi connectivity index (χ4n) is 3.23. The monoisotopic (exact) mass is 360 g/mol. The van der Waals surface area contributed by atoms with E-state index < -0.39 is 11.9 Å². The Hall–Kier alpha value is -2.94. The molecule has 2 bridgehead atoms. The fourth-order valence-corrected chi connectivity index (χ4v) is 3.23. The van der Waals surface area contributed by atoms with Gasteiger partial charge < -0.3 is 15.1 Å². The van der Waals surface area contributed by atoms with Crippen molar-refractivity contribution in [2.75, 3.05) is 19.6 Å². The molecule has 3 saturated heterocycles. The number of nitrogens with zero attached hydrogens (tertiary/aromatic N) is 4. The quantitative estimate of drug-likeness (QED) is 0.764. The van der Waals surface area contributed by atoms with Crippen molar-refractivity contribution in [1.29, 1.82) is 0 Å². The summed E-state index contributed by atoms with van der Waals surface area (Å²) in [5, 5.41) is 23.8. The molecule has 0 radical (unpaired) electrons. The van der Waals surface area contributed by atoms with Crippen molar-refractivity contribution < 1.29 is 24.6 Å².